The first-order chi connectivity index (χ1) is 9.13. The first-order valence-electron chi connectivity index (χ1n) is 5.95. The molecule has 1 amide bonds. The van der Waals surface area contributed by atoms with Gasteiger partial charge in [-0.2, -0.15) is 15.4 Å². The molecule has 0 bridgehead atoms. The Morgan fingerprint density at radius 3 is 2.79 bits per heavy atom. The smallest absolute Gasteiger partial charge is 0.303 e. The Morgan fingerprint density at radius 2 is 2.05 bits per heavy atom. The van der Waals surface area contributed by atoms with Gasteiger partial charge >= 0.3 is 5.97 Å². The summed E-state index contributed by atoms with van der Waals surface area (Å²) in [5.74, 6) is -0.843. The summed E-state index contributed by atoms with van der Waals surface area (Å²) >= 11 is 0. The Bertz CT molecular complexity index is 645. The number of nitrogens with zero attached hydrogens (tertiary/aromatic N) is 3. The SMILES string of the molecule is O=C(O)CC1CN(C(=O)c2ccc3n[nH]nc3c2)C1. The number of H-pyrrole nitrogens is 1. The molecule has 1 saturated heterocycles. The number of aliphatic carboxylic acids is 1. The first-order valence-corrected chi connectivity index (χ1v) is 5.95. The van der Waals surface area contributed by atoms with Crippen molar-refractivity contribution in [2.75, 3.05) is 13.1 Å². The maximum Gasteiger partial charge on any atom is 0.303 e. The number of hydrogen-bond donors (Lipinski definition) is 2. The van der Waals surface area contributed by atoms with E-state index < -0.39 is 5.97 Å². The average molecular weight is 260 g/mol. The average Bonchev–Trinajstić information content (AvgIpc) is 2.79. The van der Waals surface area contributed by atoms with Gasteiger partial charge in [0.25, 0.3) is 5.91 Å². The van der Waals surface area contributed by atoms with Crippen LogP contribution in [0, 0.1) is 5.92 Å². The predicted molar refractivity (Wildman–Crippen MR) is 65.5 cm³/mol. The van der Waals surface area contributed by atoms with Gasteiger partial charge in [-0.05, 0) is 18.2 Å². The third-order valence-corrected chi connectivity index (χ3v) is 3.27. The third kappa shape index (κ3) is 2.14. The number of amides is 1. The molecular formula is C12H12N4O3. The first kappa shape index (κ1) is 11.6. The highest BCUT2D eigenvalue weighted by Crippen LogP contribution is 2.22. The number of fused-ring (bicyclic) bond motifs is 1. The number of carbonyl (C=O) groups is 2. The van der Waals surface area contributed by atoms with Gasteiger partial charge in [0, 0.05) is 24.6 Å². The van der Waals surface area contributed by atoms with E-state index in [9.17, 15) is 9.59 Å². The molecular weight excluding hydrogens is 248 g/mol. The normalized spacial score (nSPS) is 15.5. The van der Waals surface area contributed by atoms with E-state index in [0.29, 0.717) is 29.7 Å². The monoisotopic (exact) mass is 260 g/mol. The van der Waals surface area contributed by atoms with E-state index in [2.05, 4.69) is 15.4 Å². The lowest BCUT2D eigenvalue weighted by Crippen LogP contribution is -2.50. The zero-order valence-corrected chi connectivity index (χ0v) is 10.0. The van der Waals surface area contributed by atoms with Crippen LogP contribution in [0.1, 0.15) is 16.8 Å². The standard InChI is InChI=1S/C12H12N4O3/c17-11(18)3-7-5-16(6-7)12(19)8-1-2-9-10(4-8)14-15-13-9/h1-2,4,7H,3,5-6H2,(H,17,18)(H,13,14,15). The minimum absolute atomic E-state index is 0.0669. The van der Waals surface area contributed by atoms with Gasteiger partial charge < -0.3 is 10.0 Å². The minimum Gasteiger partial charge on any atom is -0.481 e. The van der Waals surface area contributed by atoms with Gasteiger partial charge in [0.05, 0.1) is 6.42 Å². The quantitative estimate of drug-likeness (QED) is 0.837. The Hall–Kier alpha value is -2.44. The molecule has 2 N–H and O–H groups in total. The van der Waals surface area contributed by atoms with E-state index in [4.69, 9.17) is 5.11 Å². The van der Waals surface area contributed by atoms with E-state index in [0.717, 1.165) is 0 Å². The molecule has 19 heavy (non-hydrogen) atoms. The number of carboxylic acid groups (broad SMARTS) is 1. The van der Waals surface area contributed by atoms with Crippen molar-refractivity contribution < 1.29 is 14.7 Å². The minimum atomic E-state index is -0.818. The molecule has 3 rings (SSSR count). The Kier molecular flexibility index (Phi) is 2.66. The molecule has 2 heterocycles. The number of nitrogens with one attached hydrogen (secondary N) is 1. The zero-order chi connectivity index (χ0) is 13.4. The number of aromatic nitrogens is 3. The number of aromatic amines is 1. The molecule has 1 aromatic heterocycles. The van der Waals surface area contributed by atoms with Gasteiger partial charge in [0.1, 0.15) is 11.0 Å². The van der Waals surface area contributed by atoms with Gasteiger partial charge in [-0.3, -0.25) is 9.59 Å². The Morgan fingerprint density at radius 1 is 1.32 bits per heavy atom. The molecule has 1 fully saturated rings. The largest absolute Gasteiger partial charge is 0.481 e. The second-order valence-electron chi connectivity index (χ2n) is 4.70. The van der Waals surface area contributed by atoms with E-state index in [-0.39, 0.29) is 18.2 Å². The number of likely N-dealkylation sites (tertiary alicyclic amines) is 1. The fourth-order valence-electron chi connectivity index (χ4n) is 2.27. The summed E-state index contributed by atoms with van der Waals surface area (Å²) in [4.78, 5) is 24.3. The predicted octanol–water partition coefficient (Wildman–Crippen LogP) is 0.505. The van der Waals surface area contributed by atoms with Crippen molar-refractivity contribution in [2.45, 2.75) is 6.42 Å². The molecule has 0 saturated carbocycles. The molecule has 0 aliphatic carbocycles. The van der Waals surface area contributed by atoms with Crippen LogP contribution in [0.25, 0.3) is 11.0 Å². The van der Waals surface area contributed by atoms with E-state index in [1.807, 2.05) is 0 Å². The fourth-order valence-corrected chi connectivity index (χ4v) is 2.27. The van der Waals surface area contributed by atoms with Crippen molar-refractivity contribution >= 4 is 22.9 Å². The maximum absolute atomic E-state index is 12.1. The lowest BCUT2D eigenvalue weighted by Gasteiger charge is -2.38. The van der Waals surface area contributed by atoms with Crippen LogP contribution >= 0.6 is 0 Å². The van der Waals surface area contributed by atoms with E-state index in [1.54, 1.807) is 23.1 Å². The summed E-state index contributed by atoms with van der Waals surface area (Å²) in [7, 11) is 0. The molecule has 7 nitrogen and oxygen atoms in total. The molecule has 0 atom stereocenters. The van der Waals surface area contributed by atoms with Crippen LogP contribution in [0.3, 0.4) is 0 Å². The molecule has 1 aromatic carbocycles. The summed E-state index contributed by atoms with van der Waals surface area (Å²) in [6.45, 7) is 1.00. The van der Waals surface area contributed by atoms with Crippen molar-refractivity contribution in [1.29, 1.82) is 0 Å². The number of carbonyl (C=O) groups excluding carboxylic acids is 1. The second-order valence-corrected chi connectivity index (χ2v) is 4.70. The molecule has 2 aromatic rings. The van der Waals surface area contributed by atoms with Crippen molar-refractivity contribution in [3.05, 3.63) is 23.8 Å². The highest BCUT2D eigenvalue weighted by Gasteiger charge is 2.32. The van der Waals surface area contributed by atoms with Crippen LogP contribution < -0.4 is 0 Å². The zero-order valence-electron chi connectivity index (χ0n) is 10.0. The van der Waals surface area contributed by atoms with Crippen LogP contribution in [0.5, 0.6) is 0 Å². The van der Waals surface area contributed by atoms with Gasteiger partial charge in [-0.25, -0.2) is 0 Å². The van der Waals surface area contributed by atoms with Gasteiger partial charge in [-0.1, -0.05) is 0 Å². The molecule has 7 heteroatoms. The van der Waals surface area contributed by atoms with Gasteiger partial charge in [-0.15, -0.1) is 0 Å². The maximum atomic E-state index is 12.1. The Labute approximate surface area is 108 Å². The highest BCUT2D eigenvalue weighted by molar-refractivity contribution is 5.97. The third-order valence-electron chi connectivity index (χ3n) is 3.27. The molecule has 1 aliphatic heterocycles. The topological polar surface area (TPSA) is 99.2 Å². The molecule has 0 spiro atoms. The molecule has 1 aliphatic rings. The summed E-state index contributed by atoms with van der Waals surface area (Å²) in [5.41, 5.74) is 1.91. The number of hydrogen-bond acceptors (Lipinski definition) is 4. The number of rotatable bonds is 3. The molecule has 0 radical (unpaired) electrons. The van der Waals surface area contributed by atoms with Crippen LogP contribution in [0.2, 0.25) is 0 Å². The lowest BCUT2D eigenvalue weighted by molar-refractivity contribution is -0.139. The van der Waals surface area contributed by atoms with E-state index >= 15 is 0 Å². The van der Waals surface area contributed by atoms with Crippen molar-refractivity contribution in [3.63, 3.8) is 0 Å². The highest BCUT2D eigenvalue weighted by atomic mass is 16.4. The van der Waals surface area contributed by atoms with Crippen LogP contribution in [-0.2, 0) is 4.79 Å². The van der Waals surface area contributed by atoms with Crippen LogP contribution in [-0.4, -0.2) is 50.4 Å². The summed E-state index contributed by atoms with van der Waals surface area (Å²) in [5, 5.41) is 19.0. The summed E-state index contributed by atoms with van der Waals surface area (Å²) < 4.78 is 0. The van der Waals surface area contributed by atoms with Gasteiger partial charge in [0.2, 0.25) is 0 Å². The fraction of sp³-hybridized carbons (Fsp3) is 0.333. The van der Waals surface area contributed by atoms with Crippen LogP contribution in [0.4, 0.5) is 0 Å². The van der Waals surface area contributed by atoms with Crippen molar-refractivity contribution in [1.82, 2.24) is 20.3 Å². The molecule has 98 valence electrons. The van der Waals surface area contributed by atoms with Crippen LogP contribution in [0.15, 0.2) is 18.2 Å². The second kappa shape index (κ2) is 4.34. The summed E-state index contributed by atoms with van der Waals surface area (Å²) in [6, 6.07) is 5.13. The summed E-state index contributed by atoms with van der Waals surface area (Å²) in [6.07, 6.45) is 0.117. The Balaban J connectivity index is 1.69. The number of carboxylic acids is 1. The molecule has 0 unspecified atom stereocenters. The van der Waals surface area contributed by atoms with Crippen molar-refractivity contribution in [3.8, 4) is 0 Å². The van der Waals surface area contributed by atoms with Crippen molar-refractivity contribution in [2.24, 2.45) is 5.92 Å². The van der Waals surface area contributed by atoms with E-state index in [1.165, 1.54) is 0 Å². The van der Waals surface area contributed by atoms with Gasteiger partial charge in [0.15, 0.2) is 0 Å². The number of benzene rings is 1. The lowest BCUT2D eigenvalue weighted by atomic mass is 9.95.